The van der Waals surface area contributed by atoms with Crippen LogP contribution < -0.4 is 10.9 Å². The van der Waals surface area contributed by atoms with Crippen LogP contribution in [-0.4, -0.2) is 20.1 Å². The molecule has 1 aromatic carbocycles. The molecule has 0 aliphatic carbocycles. The van der Waals surface area contributed by atoms with Gasteiger partial charge in [-0.15, -0.1) is 11.3 Å². The average molecular weight is 395 g/mol. The van der Waals surface area contributed by atoms with Gasteiger partial charge in [0, 0.05) is 0 Å². The molecule has 1 N–H and O–H groups in total. The number of aryl methyl sites for hydroxylation is 1. The number of aromatic nitrogens is 3. The van der Waals surface area contributed by atoms with Gasteiger partial charge >= 0.3 is 0 Å². The highest BCUT2D eigenvalue weighted by Gasteiger charge is 2.25. The summed E-state index contributed by atoms with van der Waals surface area (Å²) in [5.41, 5.74) is 2.30. The molecule has 0 saturated heterocycles. The summed E-state index contributed by atoms with van der Waals surface area (Å²) in [6, 6.07) is 12.8. The van der Waals surface area contributed by atoms with E-state index in [1.54, 1.807) is 11.3 Å². The van der Waals surface area contributed by atoms with Crippen molar-refractivity contribution in [2.75, 3.05) is 0 Å². The molecule has 2 atom stereocenters. The predicted octanol–water partition coefficient (Wildman–Crippen LogP) is 3.85. The number of amides is 1. The van der Waals surface area contributed by atoms with Gasteiger partial charge in [0.25, 0.3) is 5.56 Å². The van der Waals surface area contributed by atoms with Crippen LogP contribution in [0.25, 0.3) is 15.7 Å². The number of carbonyl (C=O) groups excluding carboxylic acids is 1. The molecule has 28 heavy (non-hydrogen) atoms. The van der Waals surface area contributed by atoms with Gasteiger partial charge in [-0.05, 0) is 43.3 Å². The third-order valence-corrected chi connectivity index (χ3v) is 5.92. The first-order valence-electron chi connectivity index (χ1n) is 9.34. The number of carbonyl (C=O) groups is 1. The number of hydrogen-bond acceptors (Lipinski definition) is 4. The maximum absolute atomic E-state index is 13.1. The molecule has 0 fully saturated rings. The summed E-state index contributed by atoms with van der Waals surface area (Å²) in [7, 11) is 0. The molecule has 144 valence electrons. The normalized spacial score (nSPS) is 13.7. The fourth-order valence-corrected chi connectivity index (χ4v) is 4.41. The van der Waals surface area contributed by atoms with Crippen LogP contribution in [0.2, 0.25) is 0 Å². The highest BCUT2D eigenvalue weighted by Crippen LogP contribution is 2.25. The highest BCUT2D eigenvalue weighted by atomic mass is 32.1. The molecule has 0 aliphatic rings. The van der Waals surface area contributed by atoms with E-state index in [-0.39, 0.29) is 17.5 Å². The van der Waals surface area contributed by atoms with Gasteiger partial charge in [0.1, 0.15) is 17.4 Å². The average Bonchev–Trinajstić information content (AvgIpc) is 3.28. The second-order valence-electron chi connectivity index (χ2n) is 6.90. The van der Waals surface area contributed by atoms with Gasteiger partial charge in [-0.2, -0.15) is 5.10 Å². The van der Waals surface area contributed by atoms with Crippen molar-refractivity contribution in [3.63, 3.8) is 0 Å². The molecule has 1 amide bonds. The summed E-state index contributed by atoms with van der Waals surface area (Å²) in [6.45, 7) is 5.69. The van der Waals surface area contributed by atoms with Crippen LogP contribution in [-0.2, 0) is 4.79 Å². The third-order valence-electron chi connectivity index (χ3n) is 5.07. The second-order valence-corrected chi connectivity index (χ2v) is 7.84. The maximum Gasteiger partial charge on any atom is 0.291 e. The third kappa shape index (κ3) is 3.01. The zero-order valence-corrected chi connectivity index (χ0v) is 16.9. The van der Waals surface area contributed by atoms with Crippen molar-refractivity contribution in [1.82, 2.24) is 19.5 Å². The molecule has 0 radical (unpaired) electrons. The van der Waals surface area contributed by atoms with E-state index in [0.717, 1.165) is 15.8 Å². The Morgan fingerprint density at radius 2 is 1.96 bits per heavy atom. The molecule has 0 spiro atoms. The van der Waals surface area contributed by atoms with E-state index in [0.29, 0.717) is 17.8 Å². The molecule has 0 unspecified atom stereocenters. The minimum atomic E-state index is -0.657. The first-order valence-corrected chi connectivity index (χ1v) is 10.2. The highest BCUT2D eigenvalue weighted by molar-refractivity contribution is 7.17. The topological polar surface area (TPSA) is 68.4 Å². The van der Waals surface area contributed by atoms with Gasteiger partial charge in [-0.25, -0.2) is 4.68 Å². The van der Waals surface area contributed by atoms with Crippen molar-refractivity contribution in [3.8, 4) is 0 Å². The van der Waals surface area contributed by atoms with Crippen LogP contribution in [0.15, 0.2) is 52.6 Å². The first kappa shape index (κ1) is 18.4. The SMILES string of the molecule is CC[C@@H](C(=O)N[C@H](C)c1ccccc1)n1nc(C)n2c(cc3sccc32)c1=O. The van der Waals surface area contributed by atoms with Crippen molar-refractivity contribution in [2.45, 2.75) is 39.3 Å². The smallest absolute Gasteiger partial charge is 0.291 e. The summed E-state index contributed by atoms with van der Waals surface area (Å²) in [4.78, 5) is 26.1. The number of thiophene rings is 1. The lowest BCUT2D eigenvalue weighted by Gasteiger charge is -2.21. The van der Waals surface area contributed by atoms with E-state index < -0.39 is 6.04 Å². The van der Waals surface area contributed by atoms with Crippen molar-refractivity contribution in [1.29, 1.82) is 0 Å². The number of hydrogen-bond donors (Lipinski definition) is 1. The summed E-state index contributed by atoms with van der Waals surface area (Å²) in [5.74, 6) is 0.482. The molecule has 0 saturated carbocycles. The molecule has 4 aromatic rings. The van der Waals surface area contributed by atoms with Crippen LogP contribution in [0, 0.1) is 6.92 Å². The van der Waals surface area contributed by atoms with Crippen LogP contribution >= 0.6 is 11.3 Å². The summed E-state index contributed by atoms with van der Waals surface area (Å²) >= 11 is 1.59. The Labute approximate surface area is 166 Å². The zero-order chi connectivity index (χ0) is 19.8. The first-order chi connectivity index (χ1) is 13.5. The van der Waals surface area contributed by atoms with Gasteiger partial charge in [0.15, 0.2) is 0 Å². The van der Waals surface area contributed by atoms with E-state index in [9.17, 15) is 9.59 Å². The van der Waals surface area contributed by atoms with E-state index in [1.807, 2.05) is 73.0 Å². The van der Waals surface area contributed by atoms with Crippen LogP contribution in [0.3, 0.4) is 0 Å². The van der Waals surface area contributed by atoms with Crippen LogP contribution in [0.5, 0.6) is 0 Å². The van der Waals surface area contributed by atoms with Gasteiger partial charge < -0.3 is 5.32 Å². The Hall–Kier alpha value is -2.93. The van der Waals surface area contributed by atoms with E-state index in [4.69, 9.17) is 0 Å². The lowest BCUT2D eigenvalue weighted by Crippen LogP contribution is -2.40. The molecule has 3 aromatic heterocycles. The number of fused-ring (bicyclic) bond motifs is 3. The largest absolute Gasteiger partial charge is 0.348 e. The van der Waals surface area contributed by atoms with Gasteiger partial charge in [0.2, 0.25) is 5.91 Å². The molecule has 6 nitrogen and oxygen atoms in total. The quantitative estimate of drug-likeness (QED) is 0.559. The Balaban J connectivity index is 1.71. The molecular weight excluding hydrogens is 372 g/mol. The molecular formula is C21H22N4O2S. The van der Waals surface area contributed by atoms with Crippen LogP contribution in [0.4, 0.5) is 0 Å². The number of rotatable bonds is 5. The fraction of sp³-hybridized carbons (Fsp3) is 0.286. The van der Waals surface area contributed by atoms with Gasteiger partial charge in [0.05, 0.1) is 16.3 Å². The van der Waals surface area contributed by atoms with E-state index in [2.05, 4.69) is 10.4 Å². The van der Waals surface area contributed by atoms with Gasteiger partial charge in [-0.1, -0.05) is 37.3 Å². The van der Waals surface area contributed by atoms with Crippen molar-refractivity contribution < 1.29 is 4.79 Å². The standard InChI is InChI=1S/C21H22N4O2S/c1-4-16(20(26)22-13(2)15-8-6-5-7-9-15)25-21(27)18-12-19-17(10-11-28-19)24(18)14(3)23-25/h5-13,16H,4H2,1-3H3,(H,22,26)/t13-,16+/m1/s1. The molecule has 4 rings (SSSR count). The van der Waals surface area contributed by atoms with E-state index >= 15 is 0 Å². The number of nitrogens with zero attached hydrogens (tertiary/aromatic N) is 3. The Bertz CT molecular complexity index is 1210. The summed E-state index contributed by atoms with van der Waals surface area (Å²) < 4.78 is 4.23. The fourth-order valence-electron chi connectivity index (χ4n) is 3.61. The molecule has 0 aliphatic heterocycles. The Kier molecular flexibility index (Phi) is 4.77. The summed E-state index contributed by atoms with van der Waals surface area (Å²) in [6.07, 6.45) is 0.477. The minimum absolute atomic E-state index is 0.151. The Morgan fingerprint density at radius 1 is 1.21 bits per heavy atom. The van der Waals surface area contributed by atoms with Crippen molar-refractivity contribution >= 4 is 33.0 Å². The zero-order valence-electron chi connectivity index (χ0n) is 16.0. The predicted molar refractivity (Wildman–Crippen MR) is 112 cm³/mol. The monoisotopic (exact) mass is 394 g/mol. The lowest BCUT2D eigenvalue weighted by atomic mass is 10.1. The molecule has 7 heteroatoms. The Morgan fingerprint density at radius 3 is 2.68 bits per heavy atom. The van der Waals surface area contributed by atoms with E-state index in [1.165, 1.54) is 4.68 Å². The number of benzene rings is 1. The maximum atomic E-state index is 13.1. The van der Waals surface area contributed by atoms with Crippen molar-refractivity contribution in [2.24, 2.45) is 0 Å². The van der Waals surface area contributed by atoms with Crippen LogP contribution in [0.1, 0.15) is 43.7 Å². The lowest BCUT2D eigenvalue weighted by molar-refractivity contribution is -0.125. The molecule has 0 bridgehead atoms. The minimum Gasteiger partial charge on any atom is -0.348 e. The van der Waals surface area contributed by atoms with Gasteiger partial charge in [-0.3, -0.25) is 14.0 Å². The summed E-state index contributed by atoms with van der Waals surface area (Å²) in [5, 5.41) is 9.50. The second kappa shape index (κ2) is 7.24. The number of nitrogens with one attached hydrogen (secondary N) is 1. The molecule has 3 heterocycles. The van der Waals surface area contributed by atoms with Crippen molar-refractivity contribution in [3.05, 3.63) is 69.6 Å².